The number of ether oxygens (including phenoxy) is 3. The van der Waals surface area contributed by atoms with Gasteiger partial charge < -0.3 is 24.4 Å². The lowest BCUT2D eigenvalue weighted by Gasteiger charge is -2.51. The van der Waals surface area contributed by atoms with Gasteiger partial charge in [-0.15, -0.1) is 0 Å². The highest BCUT2D eigenvalue weighted by molar-refractivity contribution is 5.97. The summed E-state index contributed by atoms with van der Waals surface area (Å²) < 4.78 is 18.0. The second-order valence-corrected chi connectivity index (χ2v) is 17.9. The van der Waals surface area contributed by atoms with E-state index in [0.29, 0.717) is 37.7 Å². The molecule has 2 aliphatic carbocycles. The number of Topliss-reactive ketones (excluding diaryl/α,β-unsaturated/α-hetero) is 3. The molecular weight excluding hydrogens is 676 g/mol. The largest absolute Gasteiger partial charge is 0.469 e. The van der Waals surface area contributed by atoms with Crippen molar-refractivity contribution in [2.24, 2.45) is 40.9 Å². The van der Waals surface area contributed by atoms with Gasteiger partial charge in [-0.05, 0) is 78.1 Å². The molecule has 2 aliphatic heterocycles. The van der Waals surface area contributed by atoms with Crippen molar-refractivity contribution in [2.45, 2.75) is 169 Å². The molecule has 4 aliphatic rings. The van der Waals surface area contributed by atoms with Crippen LogP contribution in [0, 0.1) is 40.9 Å². The molecule has 0 unspecified atom stereocenters. The van der Waals surface area contributed by atoms with Gasteiger partial charge in [0.1, 0.15) is 29.1 Å². The molecule has 11 atom stereocenters. The molecule has 10 heteroatoms. The molecule has 4 rings (SSSR count). The molecule has 2 N–H and O–H groups in total. The summed E-state index contributed by atoms with van der Waals surface area (Å²) in [6.07, 6.45) is 3.43. The number of carbonyl (C=O) groups excluding carboxylic acids is 5. The molecule has 53 heavy (non-hydrogen) atoms. The van der Waals surface area contributed by atoms with Gasteiger partial charge in [0.25, 0.3) is 0 Å². The van der Waals surface area contributed by atoms with Gasteiger partial charge in [0.05, 0.1) is 30.3 Å². The van der Waals surface area contributed by atoms with Gasteiger partial charge in [0.15, 0.2) is 0 Å². The molecule has 1 saturated heterocycles. The summed E-state index contributed by atoms with van der Waals surface area (Å²) in [5.74, 6) is -4.42. The van der Waals surface area contributed by atoms with Gasteiger partial charge in [-0.25, -0.2) is 0 Å². The third-order valence-electron chi connectivity index (χ3n) is 13.3. The second-order valence-electron chi connectivity index (χ2n) is 17.9. The van der Waals surface area contributed by atoms with Crippen LogP contribution in [0.3, 0.4) is 0 Å². The highest BCUT2D eigenvalue weighted by Gasteiger charge is 2.60. The summed E-state index contributed by atoms with van der Waals surface area (Å²) in [6, 6.07) is 0. The predicted molar refractivity (Wildman–Crippen MR) is 200 cm³/mol. The van der Waals surface area contributed by atoms with Crippen molar-refractivity contribution in [3.8, 4) is 0 Å². The van der Waals surface area contributed by atoms with Crippen LogP contribution in [-0.2, 0) is 38.2 Å². The SMILES string of the molecule is COC(=O)[C@]12CC(=O)[C@H](C(C)C)CC(=O)[C@H](C)CCC[C@H](C)CC(=O)[C@H]1CC(C)=C1C[C@H](OC(C)=O)[C@](C)(O)[C@H]3CC[C@@](C)(O)[C@H](CC/C(C)=C/[C@@H]12)O3. The molecule has 0 spiro atoms. The minimum absolute atomic E-state index is 0.00267. The van der Waals surface area contributed by atoms with Gasteiger partial charge in [0, 0.05) is 56.3 Å². The quantitative estimate of drug-likeness (QED) is 0.233. The van der Waals surface area contributed by atoms with Crippen molar-refractivity contribution in [3.63, 3.8) is 0 Å². The lowest BCUT2D eigenvalue weighted by molar-refractivity contribution is -0.239. The zero-order valence-corrected chi connectivity index (χ0v) is 33.9. The smallest absolute Gasteiger partial charge is 0.313 e. The number of fused-ring (bicyclic) bond motifs is 5. The first-order valence-electron chi connectivity index (χ1n) is 19.9. The number of methoxy groups -OCH3 is 1. The third kappa shape index (κ3) is 9.24. The first-order chi connectivity index (χ1) is 24.6. The molecular formula is C43H66O10. The van der Waals surface area contributed by atoms with Crippen LogP contribution in [0.1, 0.15) is 139 Å². The van der Waals surface area contributed by atoms with E-state index < -0.39 is 64.6 Å². The first kappa shape index (κ1) is 43.0. The topological polar surface area (TPSA) is 154 Å². The highest BCUT2D eigenvalue weighted by Crippen LogP contribution is 2.56. The van der Waals surface area contributed by atoms with Crippen LogP contribution in [0.2, 0.25) is 0 Å². The Morgan fingerprint density at radius 3 is 2.21 bits per heavy atom. The second kappa shape index (κ2) is 17.0. The third-order valence-corrected chi connectivity index (χ3v) is 13.3. The molecule has 2 bridgehead atoms. The maximum absolute atomic E-state index is 14.8. The fourth-order valence-electron chi connectivity index (χ4n) is 9.72. The van der Waals surface area contributed by atoms with Crippen molar-refractivity contribution in [2.75, 3.05) is 7.11 Å². The number of esters is 2. The number of hydrogen-bond acceptors (Lipinski definition) is 10. The van der Waals surface area contributed by atoms with Gasteiger partial charge in [-0.2, -0.15) is 0 Å². The molecule has 0 radical (unpaired) electrons. The van der Waals surface area contributed by atoms with Crippen molar-refractivity contribution >= 4 is 29.3 Å². The predicted octanol–water partition coefficient (Wildman–Crippen LogP) is 6.82. The van der Waals surface area contributed by atoms with Crippen molar-refractivity contribution in [1.29, 1.82) is 0 Å². The van der Waals surface area contributed by atoms with E-state index in [1.54, 1.807) is 13.8 Å². The van der Waals surface area contributed by atoms with Gasteiger partial charge >= 0.3 is 11.9 Å². The lowest BCUT2D eigenvalue weighted by atomic mass is 9.53. The average molecular weight is 743 g/mol. The van der Waals surface area contributed by atoms with Gasteiger partial charge in [0.2, 0.25) is 0 Å². The normalized spacial score (nSPS) is 40.8. The maximum atomic E-state index is 14.8. The Kier molecular flexibility index (Phi) is 13.8. The highest BCUT2D eigenvalue weighted by atomic mass is 16.6. The monoisotopic (exact) mass is 742 g/mol. The van der Waals surface area contributed by atoms with E-state index in [9.17, 15) is 34.2 Å². The average Bonchev–Trinajstić information content (AvgIpc) is 3.06. The summed E-state index contributed by atoms with van der Waals surface area (Å²) in [7, 11) is 1.28. The molecule has 1 saturated carbocycles. The number of carbonyl (C=O) groups is 5. The molecule has 2 fully saturated rings. The van der Waals surface area contributed by atoms with E-state index in [4.69, 9.17) is 14.2 Å². The van der Waals surface area contributed by atoms with Crippen LogP contribution >= 0.6 is 0 Å². The summed E-state index contributed by atoms with van der Waals surface area (Å²) in [6.45, 7) is 16.2. The first-order valence-corrected chi connectivity index (χ1v) is 19.9. The van der Waals surface area contributed by atoms with Gasteiger partial charge in [-0.3, -0.25) is 24.0 Å². The van der Waals surface area contributed by atoms with Crippen LogP contribution in [0.25, 0.3) is 0 Å². The van der Waals surface area contributed by atoms with E-state index in [1.807, 2.05) is 47.6 Å². The molecule has 10 nitrogen and oxygen atoms in total. The van der Waals surface area contributed by atoms with E-state index in [0.717, 1.165) is 24.0 Å². The molecule has 0 aromatic carbocycles. The number of rotatable bonds is 3. The Balaban J connectivity index is 2.02. The van der Waals surface area contributed by atoms with Crippen molar-refractivity contribution in [1.82, 2.24) is 0 Å². The minimum atomic E-state index is -1.70. The Morgan fingerprint density at radius 2 is 1.58 bits per heavy atom. The molecule has 0 aromatic heterocycles. The van der Waals surface area contributed by atoms with E-state index >= 15 is 0 Å². The van der Waals surface area contributed by atoms with E-state index in [2.05, 4.69) is 0 Å². The van der Waals surface area contributed by atoms with Crippen molar-refractivity contribution < 1.29 is 48.4 Å². The maximum Gasteiger partial charge on any atom is 0.313 e. The standard InChI is InChI=1S/C43H66O10/c1-24(2)30-21-34(45)27(5)13-11-12-25(3)19-35(46)33-20-28(6)31-22-39(52-29(7)44)42(9,50)38-16-17-41(8,49)37(53-38)15-14-26(4)18-32(31)43(33,23-36(30)47)40(48)51-10/h18,24-25,27,30,32-33,37-39,49-50H,11-17,19-23H2,1-10H3/b26-18+/t25-,27+,30-,32-,33+,37-,38+,39-,41+,42+,43-/m0/s1. The summed E-state index contributed by atoms with van der Waals surface area (Å²) in [5.41, 5.74) is -2.12. The summed E-state index contributed by atoms with van der Waals surface area (Å²) >= 11 is 0. The molecule has 2 heterocycles. The molecule has 0 amide bonds. The van der Waals surface area contributed by atoms with Crippen molar-refractivity contribution in [3.05, 3.63) is 22.8 Å². The number of allylic oxidation sites excluding steroid dienone is 3. The van der Waals surface area contributed by atoms with E-state index in [-0.39, 0.29) is 67.2 Å². The number of hydrogen-bond donors (Lipinski definition) is 2. The Bertz CT molecular complexity index is 1470. The Morgan fingerprint density at radius 1 is 0.906 bits per heavy atom. The zero-order chi connectivity index (χ0) is 39.6. The summed E-state index contributed by atoms with van der Waals surface area (Å²) in [4.78, 5) is 70.5. The number of aliphatic hydroxyl groups is 2. The number of ketones is 3. The lowest BCUT2D eigenvalue weighted by Crippen LogP contribution is -2.60. The van der Waals surface area contributed by atoms with Crippen LogP contribution in [0.4, 0.5) is 0 Å². The van der Waals surface area contributed by atoms with Crippen LogP contribution < -0.4 is 0 Å². The fourth-order valence-corrected chi connectivity index (χ4v) is 9.72. The Labute approximate surface area is 316 Å². The van der Waals surface area contributed by atoms with E-state index in [1.165, 1.54) is 14.0 Å². The summed E-state index contributed by atoms with van der Waals surface area (Å²) in [5, 5.41) is 23.7. The molecule has 0 aromatic rings. The van der Waals surface area contributed by atoms with Gasteiger partial charge in [-0.1, -0.05) is 63.3 Å². The molecule has 298 valence electrons. The minimum Gasteiger partial charge on any atom is -0.469 e. The zero-order valence-electron chi connectivity index (χ0n) is 33.9. The Hall–Kier alpha value is -2.69. The van der Waals surface area contributed by atoms with Crippen LogP contribution in [0.15, 0.2) is 22.8 Å². The van der Waals surface area contributed by atoms with Crippen LogP contribution in [0.5, 0.6) is 0 Å². The van der Waals surface area contributed by atoms with Crippen LogP contribution in [-0.4, -0.2) is 76.1 Å². The fraction of sp³-hybridized carbons (Fsp3) is 0.791.